The molecule has 0 amide bonds. The van der Waals surface area contributed by atoms with Gasteiger partial charge in [0.25, 0.3) is 0 Å². The Kier molecular flexibility index (Phi) is 4.35. The molecule has 2 aromatic heterocycles. The third kappa shape index (κ3) is 3.03. The highest BCUT2D eigenvalue weighted by Crippen LogP contribution is 2.18. The molecule has 9 nitrogen and oxygen atoms in total. The van der Waals surface area contributed by atoms with Crippen LogP contribution in [0.25, 0.3) is 11.0 Å². The molecule has 1 unspecified atom stereocenters. The monoisotopic (exact) mass is 270 g/mol. The highest BCUT2D eigenvalue weighted by molar-refractivity contribution is 5.71. The summed E-state index contributed by atoms with van der Waals surface area (Å²) in [5, 5.41) is 42.4. The van der Waals surface area contributed by atoms with Gasteiger partial charge in [0.05, 0.1) is 18.2 Å². The highest BCUT2D eigenvalue weighted by atomic mass is 16.6. The summed E-state index contributed by atoms with van der Waals surface area (Å²) in [5.41, 5.74) is 0.782. The summed E-state index contributed by atoms with van der Waals surface area (Å²) in [7, 11) is 0. The largest absolute Gasteiger partial charge is 0.394 e. The zero-order valence-electron chi connectivity index (χ0n) is 9.79. The number of aromatic nitrogens is 4. The van der Waals surface area contributed by atoms with Crippen LogP contribution in [-0.2, 0) is 4.74 Å². The van der Waals surface area contributed by atoms with Crippen LogP contribution < -0.4 is 0 Å². The van der Waals surface area contributed by atoms with Gasteiger partial charge in [-0.3, -0.25) is 5.10 Å². The van der Waals surface area contributed by atoms with Gasteiger partial charge in [-0.2, -0.15) is 5.10 Å². The first-order valence-corrected chi connectivity index (χ1v) is 5.53. The van der Waals surface area contributed by atoms with Crippen molar-refractivity contribution in [2.45, 2.75) is 24.6 Å². The van der Waals surface area contributed by atoms with E-state index in [2.05, 4.69) is 24.9 Å². The lowest BCUT2D eigenvalue weighted by Crippen LogP contribution is -2.33. The van der Waals surface area contributed by atoms with E-state index in [-0.39, 0.29) is 0 Å². The fraction of sp³-hybridized carbons (Fsp3) is 0.500. The molecule has 0 radical (unpaired) electrons. The predicted molar refractivity (Wildman–Crippen MR) is 61.7 cm³/mol. The number of fused-ring (bicyclic) bond motifs is 1. The lowest BCUT2D eigenvalue weighted by molar-refractivity contribution is -0.132. The summed E-state index contributed by atoms with van der Waals surface area (Å²) in [5.74, 6) is 0. The van der Waals surface area contributed by atoms with Crippen molar-refractivity contribution in [3.63, 3.8) is 0 Å². The van der Waals surface area contributed by atoms with E-state index < -0.39 is 31.2 Å². The maximum absolute atomic E-state index is 8.93. The molecule has 3 heterocycles. The molecule has 0 aromatic carbocycles. The number of H-pyrrole nitrogens is 1. The Morgan fingerprint density at radius 2 is 2.00 bits per heavy atom. The van der Waals surface area contributed by atoms with Gasteiger partial charge in [-0.15, -0.1) is 0 Å². The molecule has 1 saturated heterocycles. The molecular weight excluding hydrogens is 256 g/mol. The standard InChI is InChI=1S/C5H4N4.C5H10O5/c1-4-2-8-9-5(4)7-3-6-1;6-1-2-3(7)4(8)5(9)10-2/h1-3H,(H,6,7,8,9);2-9H,1H2/t;2-,3-,4-,5?/m.1/s1. The van der Waals surface area contributed by atoms with Gasteiger partial charge in [-0.1, -0.05) is 0 Å². The molecule has 2 aromatic rings. The van der Waals surface area contributed by atoms with E-state index in [9.17, 15) is 0 Å². The molecule has 1 fully saturated rings. The lowest BCUT2D eigenvalue weighted by atomic mass is 10.1. The number of rotatable bonds is 1. The van der Waals surface area contributed by atoms with E-state index >= 15 is 0 Å². The van der Waals surface area contributed by atoms with Crippen molar-refractivity contribution in [1.29, 1.82) is 0 Å². The van der Waals surface area contributed by atoms with Crippen LogP contribution in [0.2, 0.25) is 0 Å². The summed E-state index contributed by atoms with van der Waals surface area (Å²) < 4.78 is 4.54. The minimum atomic E-state index is -1.38. The van der Waals surface area contributed by atoms with E-state index in [1.807, 2.05) is 0 Å². The van der Waals surface area contributed by atoms with Gasteiger partial charge in [0.1, 0.15) is 24.6 Å². The zero-order chi connectivity index (χ0) is 13.8. The Bertz CT molecular complexity index is 491. The number of ether oxygens (including phenoxy) is 1. The summed E-state index contributed by atoms with van der Waals surface area (Å²) in [6.45, 7) is -0.407. The topological polar surface area (TPSA) is 145 Å². The van der Waals surface area contributed by atoms with Crippen molar-refractivity contribution in [2.75, 3.05) is 6.61 Å². The second-order valence-electron chi connectivity index (χ2n) is 3.93. The summed E-state index contributed by atoms with van der Waals surface area (Å²) in [4.78, 5) is 7.73. The minimum Gasteiger partial charge on any atom is -0.394 e. The quantitative estimate of drug-likeness (QED) is 0.391. The van der Waals surface area contributed by atoms with Crippen molar-refractivity contribution < 1.29 is 25.2 Å². The fourth-order valence-corrected chi connectivity index (χ4v) is 1.57. The third-order valence-corrected chi connectivity index (χ3v) is 2.63. The van der Waals surface area contributed by atoms with E-state index in [0.29, 0.717) is 0 Å². The Balaban J connectivity index is 0.000000141. The molecule has 1 aliphatic heterocycles. The van der Waals surface area contributed by atoms with Crippen molar-refractivity contribution in [3.05, 3.63) is 18.7 Å². The Morgan fingerprint density at radius 3 is 2.53 bits per heavy atom. The van der Waals surface area contributed by atoms with Crippen LogP contribution in [0.5, 0.6) is 0 Å². The number of nitrogens with zero attached hydrogens (tertiary/aromatic N) is 3. The number of aromatic amines is 1. The fourth-order valence-electron chi connectivity index (χ4n) is 1.57. The van der Waals surface area contributed by atoms with Crippen molar-refractivity contribution in [3.8, 4) is 0 Å². The van der Waals surface area contributed by atoms with Gasteiger partial charge in [0.2, 0.25) is 0 Å². The molecule has 5 N–H and O–H groups in total. The molecule has 0 bridgehead atoms. The Labute approximate surface area is 107 Å². The van der Waals surface area contributed by atoms with Gasteiger partial charge >= 0.3 is 0 Å². The number of aliphatic hydroxyl groups excluding tert-OH is 4. The first-order valence-electron chi connectivity index (χ1n) is 5.53. The van der Waals surface area contributed by atoms with E-state index in [4.69, 9.17) is 20.4 Å². The van der Waals surface area contributed by atoms with Crippen LogP contribution in [0.15, 0.2) is 18.7 Å². The average molecular weight is 270 g/mol. The average Bonchev–Trinajstić information content (AvgIpc) is 3.00. The lowest BCUT2D eigenvalue weighted by Gasteiger charge is -2.09. The van der Waals surface area contributed by atoms with Crippen molar-refractivity contribution >= 4 is 11.0 Å². The third-order valence-electron chi connectivity index (χ3n) is 2.63. The number of aliphatic hydroxyl groups is 4. The molecule has 19 heavy (non-hydrogen) atoms. The predicted octanol–water partition coefficient (Wildman–Crippen LogP) is -2.23. The molecule has 9 heteroatoms. The minimum absolute atomic E-state index is 0.407. The molecule has 0 spiro atoms. The molecule has 3 rings (SSSR count). The highest BCUT2D eigenvalue weighted by Gasteiger charge is 2.41. The van der Waals surface area contributed by atoms with Crippen LogP contribution in [0.4, 0.5) is 0 Å². The van der Waals surface area contributed by atoms with Crippen LogP contribution in [0, 0.1) is 0 Å². The van der Waals surface area contributed by atoms with Crippen molar-refractivity contribution in [1.82, 2.24) is 20.2 Å². The summed E-state index contributed by atoms with van der Waals surface area (Å²) in [6, 6.07) is 0. The maximum atomic E-state index is 8.93. The van der Waals surface area contributed by atoms with Crippen LogP contribution in [0.1, 0.15) is 0 Å². The van der Waals surface area contributed by atoms with E-state index in [1.165, 1.54) is 6.33 Å². The normalized spacial score (nSPS) is 30.1. The molecule has 1 aliphatic rings. The molecular formula is C10H14N4O5. The molecule has 0 saturated carbocycles. The number of nitrogens with one attached hydrogen (secondary N) is 1. The van der Waals surface area contributed by atoms with Crippen molar-refractivity contribution in [2.24, 2.45) is 0 Å². The zero-order valence-corrected chi connectivity index (χ0v) is 9.79. The second-order valence-corrected chi connectivity index (χ2v) is 3.93. The van der Waals surface area contributed by atoms with Gasteiger partial charge in [-0.25, -0.2) is 9.97 Å². The number of hydrogen-bond donors (Lipinski definition) is 5. The van der Waals surface area contributed by atoms with Gasteiger partial charge in [0.15, 0.2) is 11.9 Å². The summed E-state index contributed by atoms with van der Waals surface area (Å²) in [6.07, 6.45) is 0.135. The van der Waals surface area contributed by atoms with Gasteiger partial charge in [0, 0.05) is 6.20 Å². The van der Waals surface area contributed by atoms with Crippen LogP contribution in [-0.4, -0.2) is 71.8 Å². The summed E-state index contributed by atoms with van der Waals surface area (Å²) >= 11 is 0. The van der Waals surface area contributed by atoms with Crippen LogP contribution >= 0.6 is 0 Å². The Morgan fingerprint density at radius 1 is 1.21 bits per heavy atom. The smallest absolute Gasteiger partial charge is 0.184 e. The van der Waals surface area contributed by atoms with Gasteiger partial charge < -0.3 is 25.2 Å². The maximum Gasteiger partial charge on any atom is 0.184 e. The molecule has 104 valence electrons. The molecule has 4 atom stereocenters. The SMILES string of the molecule is OC[C@H]1OC(O)[C@H](O)[C@@H]1O.c1ncc2cn[nH]c2n1. The van der Waals surface area contributed by atoms with E-state index in [1.54, 1.807) is 12.4 Å². The van der Waals surface area contributed by atoms with Crippen LogP contribution in [0.3, 0.4) is 0 Å². The van der Waals surface area contributed by atoms with E-state index in [0.717, 1.165) is 11.0 Å². The number of hydrogen-bond acceptors (Lipinski definition) is 8. The second kappa shape index (κ2) is 5.99. The Hall–Kier alpha value is -1.65. The van der Waals surface area contributed by atoms with Gasteiger partial charge in [-0.05, 0) is 0 Å². The first-order chi connectivity index (χ1) is 9.13. The molecule has 0 aliphatic carbocycles. The first kappa shape index (κ1) is 13.8.